The van der Waals surface area contributed by atoms with Crippen LogP contribution in [-0.2, 0) is 32.0 Å². The first kappa shape index (κ1) is 29.6. The predicted octanol–water partition coefficient (Wildman–Crippen LogP) is 1.69. The molecule has 7 N–H and O–H groups in total. The second kappa shape index (κ2) is 12.9. The number of amides is 3. The molecule has 4 unspecified atom stereocenters. The van der Waals surface area contributed by atoms with E-state index >= 15 is 0 Å². The minimum absolute atomic E-state index is 0.0501. The minimum atomic E-state index is -1.10. The van der Waals surface area contributed by atoms with Gasteiger partial charge in [0.05, 0.1) is 6.04 Å². The third-order valence-corrected chi connectivity index (χ3v) is 7.56. The molecule has 4 atom stereocenters. The Morgan fingerprint density at radius 1 is 1.00 bits per heavy atom. The van der Waals surface area contributed by atoms with Crippen LogP contribution in [0.1, 0.15) is 37.8 Å². The number of carbonyl (C=O) groups excluding carboxylic acids is 3. The number of phenols is 1. The van der Waals surface area contributed by atoms with Crippen molar-refractivity contribution in [1.82, 2.24) is 20.5 Å². The van der Waals surface area contributed by atoms with E-state index in [0.717, 1.165) is 16.5 Å². The van der Waals surface area contributed by atoms with E-state index < -0.39 is 47.9 Å². The number of para-hydroxylation sites is 1. The molecular formula is C30H37N5O6. The van der Waals surface area contributed by atoms with E-state index in [1.807, 2.05) is 24.3 Å². The Balaban J connectivity index is 1.63. The molecular weight excluding hydrogens is 526 g/mol. The van der Waals surface area contributed by atoms with Crippen molar-refractivity contribution < 1.29 is 29.4 Å². The van der Waals surface area contributed by atoms with E-state index in [2.05, 4.69) is 15.6 Å². The third-order valence-electron chi connectivity index (χ3n) is 7.56. The van der Waals surface area contributed by atoms with Gasteiger partial charge in [0.2, 0.25) is 17.7 Å². The first-order valence-corrected chi connectivity index (χ1v) is 13.8. The highest BCUT2D eigenvalue weighted by molar-refractivity contribution is 5.95. The molecule has 11 heteroatoms. The van der Waals surface area contributed by atoms with Crippen LogP contribution in [0.15, 0.2) is 54.7 Å². The number of rotatable bonds is 11. The number of nitrogens with two attached hydrogens (primary N) is 1. The molecule has 3 aromatic rings. The van der Waals surface area contributed by atoms with Crippen LogP contribution in [0, 0.1) is 5.92 Å². The van der Waals surface area contributed by atoms with Crippen LogP contribution in [0.25, 0.3) is 10.9 Å². The normalized spacial score (nSPS) is 17.3. The van der Waals surface area contributed by atoms with Gasteiger partial charge in [-0.05, 0) is 48.1 Å². The highest BCUT2D eigenvalue weighted by Crippen LogP contribution is 2.22. The number of carboxylic acids is 1. The molecule has 0 saturated carbocycles. The molecule has 1 saturated heterocycles. The fourth-order valence-corrected chi connectivity index (χ4v) is 5.13. The molecule has 0 radical (unpaired) electrons. The lowest BCUT2D eigenvalue weighted by Gasteiger charge is -2.29. The highest BCUT2D eigenvalue weighted by atomic mass is 16.4. The molecule has 2 aromatic carbocycles. The van der Waals surface area contributed by atoms with Crippen LogP contribution in [-0.4, -0.2) is 74.5 Å². The number of H-pyrrole nitrogens is 1. The van der Waals surface area contributed by atoms with Crippen molar-refractivity contribution in [3.8, 4) is 5.75 Å². The van der Waals surface area contributed by atoms with Gasteiger partial charge in [0.15, 0.2) is 0 Å². The Hall–Kier alpha value is -4.38. The molecule has 1 fully saturated rings. The first-order chi connectivity index (χ1) is 19.5. The zero-order valence-electron chi connectivity index (χ0n) is 23.2. The highest BCUT2D eigenvalue weighted by Gasteiger charge is 2.38. The number of aromatic hydroxyl groups is 1. The number of carboxylic acid groups (broad SMARTS) is 1. The molecule has 4 rings (SSSR count). The van der Waals surface area contributed by atoms with Gasteiger partial charge in [-0.3, -0.25) is 14.4 Å². The van der Waals surface area contributed by atoms with Gasteiger partial charge in [0, 0.05) is 36.5 Å². The topological polar surface area (TPSA) is 178 Å². The number of carbonyl (C=O) groups is 4. The van der Waals surface area contributed by atoms with Crippen molar-refractivity contribution >= 4 is 34.6 Å². The summed E-state index contributed by atoms with van der Waals surface area (Å²) in [6.45, 7) is 3.87. The molecule has 218 valence electrons. The summed E-state index contributed by atoms with van der Waals surface area (Å²) >= 11 is 0. The number of fused-ring (bicyclic) bond motifs is 1. The number of phenolic OH excluding ortho intramolecular Hbond substituents is 1. The lowest BCUT2D eigenvalue weighted by Crippen LogP contribution is -2.58. The Labute approximate surface area is 238 Å². The number of nitrogens with zero attached hydrogens (tertiary/aromatic N) is 1. The van der Waals surface area contributed by atoms with E-state index in [1.54, 1.807) is 32.2 Å². The molecule has 41 heavy (non-hydrogen) atoms. The summed E-state index contributed by atoms with van der Waals surface area (Å²) in [5, 5.41) is 25.8. The van der Waals surface area contributed by atoms with E-state index in [0.29, 0.717) is 18.4 Å². The quantitative estimate of drug-likeness (QED) is 0.205. The van der Waals surface area contributed by atoms with Gasteiger partial charge in [-0.25, -0.2) is 4.79 Å². The first-order valence-electron chi connectivity index (χ1n) is 13.8. The minimum Gasteiger partial charge on any atom is -0.508 e. The largest absolute Gasteiger partial charge is 0.508 e. The van der Waals surface area contributed by atoms with Crippen LogP contribution in [0.5, 0.6) is 5.75 Å². The fourth-order valence-electron chi connectivity index (χ4n) is 5.13. The van der Waals surface area contributed by atoms with E-state index in [-0.39, 0.29) is 31.1 Å². The summed E-state index contributed by atoms with van der Waals surface area (Å²) in [6.07, 6.45) is 2.84. The van der Waals surface area contributed by atoms with Gasteiger partial charge in [-0.1, -0.05) is 44.2 Å². The molecule has 0 bridgehead atoms. The SMILES string of the molecule is CC(C)C(N)C(=O)NC(Cc1c[nH]c2ccccc12)C(=O)NC(Cc1ccc(O)cc1)C(=O)N1CCCC1C(=O)O. The van der Waals surface area contributed by atoms with Gasteiger partial charge < -0.3 is 36.5 Å². The maximum atomic E-state index is 13.8. The molecule has 2 heterocycles. The van der Waals surface area contributed by atoms with Crippen molar-refractivity contribution in [1.29, 1.82) is 0 Å². The van der Waals surface area contributed by atoms with Crippen LogP contribution in [0.3, 0.4) is 0 Å². The van der Waals surface area contributed by atoms with Crippen LogP contribution >= 0.6 is 0 Å². The Bertz CT molecular complexity index is 1400. The molecule has 3 amide bonds. The summed E-state index contributed by atoms with van der Waals surface area (Å²) in [5.74, 6) is -2.83. The van der Waals surface area contributed by atoms with Crippen molar-refractivity contribution in [2.75, 3.05) is 6.54 Å². The number of aliphatic carboxylic acids is 1. The number of aromatic nitrogens is 1. The van der Waals surface area contributed by atoms with E-state index in [9.17, 15) is 29.4 Å². The van der Waals surface area contributed by atoms with Crippen molar-refractivity contribution in [3.63, 3.8) is 0 Å². The van der Waals surface area contributed by atoms with Crippen molar-refractivity contribution in [2.24, 2.45) is 11.7 Å². The van der Waals surface area contributed by atoms with Gasteiger partial charge >= 0.3 is 5.97 Å². The van der Waals surface area contributed by atoms with Crippen LogP contribution < -0.4 is 16.4 Å². The van der Waals surface area contributed by atoms with E-state index in [4.69, 9.17) is 5.73 Å². The number of aromatic amines is 1. The molecule has 1 aliphatic rings. The molecule has 1 aromatic heterocycles. The lowest BCUT2D eigenvalue weighted by atomic mass is 10.00. The Morgan fingerprint density at radius 2 is 1.68 bits per heavy atom. The zero-order chi connectivity index (χ0) is 29.7. The zero-order valence-corrected chi connectivity index (χ0v) is 23.2. The molecule has 1 aliphatic heterocycles. The summed E-state index contributed by atoms with van der Waals surface area (Å²) < 4.78 is 0. The average molecular weight is 564 g/mol. The fraction of sp³-hybridized carbons (Fsp3) is 0.400. The number of benzene rings is 2. The predicted molar refractivity (Wildman–Crippen MR) is 153 cm³/mol. The number of likely N-dealkylation sites (tertiary alicyclic amines) is 1. The number of nitrogens with one attached hydrogen (secondary N) is 3. The molecule has 0 aliphatic carbocycles. The van der Waals surface area contributed by atoms with Gasteiger partial charge in [-0.15, -0.1) is 0 Å². The van der Waals surface area contributed by atoms with Crippen LogP contribution in [0.2, 0.25) is 0 Å². The summed E-state index contributed by atoms with van der Waals surface area (Å²) in [5.41, 5.74) is 8.41. The standard InChI is InChI=1S/C30H37N5O6/c1-17(2)26(31)28(38)33-23(15-19-16-32-22-7-4-3-6-21(19)22)27(37)34-24(14-18-9-11-20(36)12-10-18)29(39)35-13-5-8-25(35)30(40)41/h3-4,6-7,9-12,16-17,23-26,32,36H,5,8,13-15,31H2,1-2H3,(H,33,38)(H,34,37)(H,40,41). The summed E-state index contributed by atoms with van der Waals surface area (Å²) in [4.78, 5) is 56.8. The molecule has 0 spiro atoms. The summed E-state index contributed by atoms with van der Waals surface area (Å²) in [7, 11) is 0. The second-order valence-corrected chi connectivity index (χ2v) is 10.9. The van der Waals surface area contributed by atoms with Gasteiger partial charge in [0.25, 0.3) is 0 Å². The third kappa shape index (κ3) is 7.04. The maximum absolute atomic E-state index is 13.8. The van der Waals surface area contributed by atoms with Crippen LogP contribution in [0.4, 0.5) is 0 Å². The van der Waals surface area contributed by atoms with E-state index in [1.165, 1.54) is 17.0 Å². The van der Waals surface area contributed by atoms with Gasteiger partial charge in [-0.2, -0.15) is 0 Å². The average Bonchev–Trinajstić information content (AvgIpc) is 3.60. The summed E-state index contributed by atoms with van der Waals surface area (Å²) in [6, 6.07) is 9.81. The van der Waals surface area contributed by atoms with Gasteiger partial charge in [0.1, 0.15) is 23.9 Å². The Kier molecular flexibility index (Phi) is 9.28. The smallest absolute Gasteiger partial charge is 0.326 e. The number of hydrogen-bond donors (Lipinski definition) is 6. The monoisotopic (exact) mass is 563 g/mol. The van der Waals surface area contributed by atoms with Crippen molar-refractivity contribution in [3.05, 3.63) is 65.9 Å². The lowest BCUT2D eigenvalue weighted by molar-refractivity contribution is -0.149. The Morgan fingerprint density at radius 3 is 2.37 bits per heavy atom. The molecule has 11 nitrogen and oxygen atoms in total. The van der Waals surface area contributed by atoms with Crippen molar-refractivity contribution in [2.45, 2.75) is 63.7 Å². The second-order valence-electron chi connectivity index (χ2n) is 10.9. The maximum Gasteiger partial charge on any atom is 0.326 e. The number of hydrogen-bond acceptors (Lipinski definition) is 6.